The van der Waals surface area contributed by atoms with Crippen LogP contribution in [0, 0.1) is 0 Å². The van der Waals surface area contributed by atoms with E-state index in [1.54, 1.807) is 24.9 Å². The fraction of sp³-hybridized carbons (Fsp3) is 0.200. The van der Waals surface area contributed by atoms with Crippen molar-refractivity contribution in [3.63, 3.8) is 0 Å². The predicted molar refractivity (Wildman–Crippen MR) is 109 cm³/mol. The van der Waals surface area contributed by atoms with Crippen molar-refractivity contribution in [3.05, 3.63) is 66.3 Å². The predicted octanol–water partition coefficient (Wildman–Crippen LogP) is 3.41. The van der Waals surface area contributed by atoms with Crippen LogP contribution in [0.3, 0.4) is 0 Å². The summed E-state index contributed by atoms with van der Waals surface area (Å²) in [5.74, 6) is -0.132. The third kappa shape index (κ3) is 4.48. The number of carbonyl (C=O) groups excluding carboxylic acids is 1. The van der Waals surface area contributed by atoms with Crippen molar-refractivity contribution in [2.75, 3.05) is 5.32 Å². The number of imidazole rings is 1. The molecule has 1 unspecified atom stereocenters. The summed E-state index contributed by atoms with van der Waals surface area (Å²) in [5.41, 5.74) is 1.30. The zero-order chi connectivity index (χ0) is 22.9. The van der Waals surface area contributed by atoms with Gasteiger partial charge < -0.3 is 15.2 Å². The minimum Gasteiger partial charge on any atom is -0.341 e. The van der Waals surface area contributed by atoms with E-state index >= 15 is 0 Å². The Morgan fingerprint density at radius 3 is 2.44 bits per heavy atom. The summed E-state index contributed by atoms with van der Waals surface area (Å²) in [7, 11) is 1.77. The van der Waals surface area contributed by atoms with Crippen LogP contribution in [0.2, 0.25) is 0 Å². The number of hydrogen-bond acceptors (Lipinski definition) is 7. The van der Waals surface area contributed by atoms with Gasteiger partial charge in [-0.25, -0.2) is 19.9 Å². The van der Waals surface area contributed by atoms with Crippen LogP contribution in [0.25, 0.3) is 11.2 Å². The maximum Gasteiger partial charge on any atom is 0.416 e. The van der Waals surface area contributed by atoms with E-state index in [2.05, 4.69) is 35.6 Å². The first kappa shape index (κ1) is 21.2. The van der Waals surface area contributed by atoms with Gasteiger partial charge in [-0.1, -0.05) is 0 Å². The molecule has 0 radical (unpaired) electrons. The lowest BCUT2D eigenvalue weighted by Gasteiger charge is -2.13. The Morgan fingerprint density at radius 2 is 1.78 bits per heavy atom. The van der Waals surface area contributed by atoms with Gasteiger partial charge in [-0.05, 0) is 31.2 Å². The number of aryl methyl sites for hydroxylation is 1. The normalized spacial score (nSPS) is 12.5. The molecule has 2 N–H and O–H groups in total. The number of nitrogens with one attached hydrogen (secondary N) is 2. The number of hydrogen-bond donors (Lipinski definition) is 2. The Balaban J connectivity index is 1.40. The van der Waals surface area contributed by atoms with Gasteiger partial charge in [0, 0.05) is 12.7 Å². The molecule has 164 valence electrons. The summed E-state index contributed by atoms with van der Waals surface area (Å²) < 4.78 is 39.6. The Bertz CT molecular complexity index is 1250. The molecule has 4 rings (SSSR count). The van der Waals surface area contributed by atoms with Gasteiger partial charge in [0.05, 0.1) is 42.2 Å². The fourth-order valence-corrected chi connectivity index (χ4v) is 2.88. The summed E-state index contributed by atoms with van der Waals surface area (Å²) in [6, 6.07) is 4.08. The topological polar surface area (TPSA) is 111 Å². The highest BCUT2D eigenvalue weighted by atomic mass is 19.4. The number of rotatable bonds is 5. The van der Waals surface area contributed by atoms with Crippen molar-refractivity contribution in [3.8, 4) is 0 Å². The molecule has 0 bridgehead atoms. The van der Waals surface area contributed by atoms with Gasteiger partial charge in [0.2, 0.25) is 5.82 Å². The van der Waals surface area contributed by atoms with Gasteiger partial charge in [-0.15, -0.1) is 0 Å². The number of aromatic nitrogens is 6. The second kappa shape index (κ2) is 8.21. The third-order valence-electron chi connectivity index (χ3n) is 4.60. The molecule has 4 aromatic rings. The van der Waals surface area contributed by atoms with E-state index in [4.69, 9.17) is 0 Å². The molecule has 0 saturated carbocycles. The first-order valence-electron chi connectivity index (χ1n) is 9.42. The standard InChI is InChI=1S/C20H17F3N8O/c1-11(28-19(32)17-26-8-15-18(30-17)31(2)10-27-15)14-7-25-16(9-24-14)29-13-5-3-12(4-6-13)20(21,22)23/h3-11H,1-2H3,(H,25,29)(H,28,32). The lowest BCUT2D eigenvalue weighted by atomic mass is 10.2. The number of anilines is 2. The molecule has 0 aliphatic heterocycles. The molecule has 1 atom stereocenters. The summed E-state index contributed by atoms with van der Waals surface area (Å²) in [6.45, 7) is 1.73. The van der Waals surface area contributed by atoms with Crippen LogP contribution >= 0.6 is 0 Å². The van der Waals surface area contributed by atoms with Gasteiger partial charge in [-0.3, -0.25) is 9.78 Å². The molecule has 0 saturated heterocycles. The average molecular weight is 442 g/mol. The maximum absolute atomic E-state index is 12.7. The number of amides is 1. The summed E-state index contributed by atoms with van der Waals surface area (Å²) in [4.78, 5) is 33.3. The first-order chi connectivity index (χ1) is 15.2. The second-order valence-electron chi connectivity index (χ2n) is 6.98. The second-order valence-corrected chi connectivity index (χ2v) is 6.98. The van der Waals surface area contributed by atoms with Crippen molar-refractivity contribution >= 4 is 28.6 Å². The lowest BCUT2D eigenvalue weighted by Crippen LogP contribution is -2.29. The van der Waals surface area contributed by atoms with E-state index in [0.29, 0.717) is 28.4 Å². The van der Waals surface area contributed by atoms with Gasteiger partial charge >= 0.3 is 6.18 Å². The minimum atomic E-state index is -4.39. The number of alkyl halides is 3. The number of benzene rings is 1. The zero-order valence-electron chi connectivity index (χ0n) is 16.9. The number of carbonyl (C=O) groups is 1. The van der Waals surface area contributed by atoms with Crippen LogP contribution in [0.5, 0.6) is 0 Å². The minimum absolute atomic E-state index is 0.00139. The summed E-state index contributed by atoms with van der Waals surface area (Å²) >= 11 is 0. The quantitative estimate of drug-likeness (QED) is 0.487. The van der Waals surface area contributed by atoms with E-state index < -0.39 is 23.7 Å². The van der Waals surface area contributed by atoms with Crippen LogP contribution in [0.15, 0.2) is 49.2 Å². The van der Waals surface area contributed by atoms with Crippen molar-refractivity contribution < 1.29 is 18.0 Å². The molecule has 3 heterocycles. The number of nitrogens with zero attached hydrogens (tertiary/aromatic N) is 6. The van der Waals surface area contributed by atoms with Crippen molar-refractivity contribution in [1.29, 1.82) is 0 Å². The molecule has 1 amide bonds. The highest BCUT2D eigenvalue weighted by Gasteiger charge is 2.29. The SMILES string of the molecule is CC(NC(=O)c1ncc2ncn(C)c2n1)c1cnc(Nc2ccc(C(F)(F)F)cc2)cn1. The van der Waals surface area contributed by atoms with E-state index in [0.717, 1.165) is 12.1 Å². The molecule has 0 aliphatic carbocycles. The zero-order valence-corrected chi connectivity index (χ0v) is 16.9. The molecule has 0 spiro atoms. The molecule has 3 aromatic heterocycles. The Morgan fingerprint density at radius 1 is 1.03 bits per heavy atom. The smallest absolute Gasteiger partial charge is 0.341 e. The fourth-order valence-electron chi connectivity index (χ4n) is 2.88. The van der Waals surface area contributed by atoms with Gasteiger partial charge in [0.25, 0.3) is 5.91 Å². The number of halogens is 3. The largest absolute Gasteiger partial charge is 0.416 e. The lowest BCUT2D eigenvalue weighted by molar-refractivity contribution is -0.137. The Labute approximate surface area is 179 Å². The van der Waals surface area contributed by atoms with E-state index in [9.17, 15) is 18.0 Å². The third-order valence-corrected chi connectivity index (χ3v) is 4.60. The van der Waals surface area contributed by atoms with Crippen LogP contribution in [0.4, 0.5) is 24.7 Å². The monoisotopic (exact) mass is 442 g/mol. The highest BCUT2D eigenvalue weighted by Crippen LogP contribution is 2.30. The van der Waals surface area contributed by atoms with E-state index in [1.165, 1.54) is 30.7 Å². The highest BCUT2D eigenvalue weighted by molar-refractivity contribution is 5.92. The molecule has 0 aliphatic rings. The van der Waals surface area contributed by atoms with Crippen LogP contribution in [-0.4, -0.2) is 35.4 Å². The van der Waals surface area contributed by atoms with Gasteiger partial charge in [0.15, 0.2) is 5.65 Å². The van der Waals surface area contributed by atoms with Crippen molar-refractivity contribution in [2.24, 2.45) is 7.05 Å². The molecule has 1 aromatic carbocycles. The maximum atomic E-state index is 12.7. The number of fused-ring (bicyclic) bond motifs is 1. The molecule has 12 heteroatoms. The van der Waals surface area contributed by atoms with Gasteiger partial charge in [-0.2, -0.15) is 13.2 Å². The Kier molecular flexibility index (Phi) is 5.43. The van der Waals surface area contributed by atoms with Crippen molar-refractivity contribution in [1.82, 2.24) is 34.8 Å². The first-order valence-corrected chi connectivity index (χ1v) is 9.42. The van der Waals surface area contributed by atoms with Crippen molar-refractivity contribution in [2.45, 2.75) is 19.1 Å². The molecular formula is C20H17F3N8O. The van der Waals surface area contributed by atoms with Crippen LogP contribution in [0.1, 0.15) is 34.8 Å². The van der Waals surface area contributed by atoms with Gasteiger partial charge in [0.1, 0.15) is 11.3 Å². The Hall–Kier alpha value is -4.09. The summed E-state index contributed by atoms with van der Waals surface area (Å²) in [5, 5.41) is 5.63. The average Bonchev–Trinajstić information content (AvgIpc) is 3.14. The molecule has 0 fully saturated rings. The van der Waals surface area contributed by atoms with E-state index in [1.807, 2.05) is 0 Å². The molecular weight excluding hydrogens is 425 g/mol. The van der Waals surface area contributed by atoms with Crippen LogP contribution in [-0.2, 0) is 13.2 Å². The van der Waals surface area contributed by atoms with Crippen LogP contribution < -0.4 is 10.6 Å². The van der Waals surface area contributed by atoms with E-state index in [-0.39, 0.29) is 5.82 Å². The molecule has 9 nitrogen and oxygen atoms in total. The molecule has 32 heavy (non-hydrogen) atoms. The summed E-state index contributed by atoms with van der Waals surface area (Å²) in [6.07, 6.45) is 1.55.